The summed E-state index contributed by atoms with van der Waals surface area (Å²) < 4.78 is 48.7. The maximum Gasteiger partial charge on any atom is 0.417 e. The zero-order valence-electron chi connectivity index (χ0n) is 15.6. The van der Waals surface area contributed by atoms with Gasteiger partial charge >= 0.3 is 6.18 Å². The molecule has 0 bridgehead atoms. The van der Waals surface area contributed by atoms with Crippen molar-refractivity contribution in [1.29, 1.82) is 0 Å². The second kappa shape index (κ2) is 9.04. The number of rotatable bonds is 6. The van der Waals surface area contributed by atoms with Gasteiger partial charge in [0.15, 0.2) is 6.10 Å². The molecule has 1 N–H and O–H groups in total. The van der Waals surface area contributed by atoms with Gasteiger partial charge < -0.3 is 14.8 Å². The van der Waals surface area contributed by atoms with Crippen LogP contribution in [-0.4, -0.2) is 17.0 Å². The van der Waals surface area contributed by atoms with Crippen molar-refractivity contribution in [3.8, 4) is 17.4 Å². The summed E-state index contributed by atoms with van der Waals surface area (Å²) >= 11 is 5.81. The van der Waals surface area contributed by atoms with E-state index in [0.717, 1.165) is 12.1 Å². The van der Waals surface area contributed by atoms with Crippen molar-refractivity contribution in [3.63, 3.8) is 0 Å². The van der Waals surface area contributed by atoms with E-state index in [2.05, 4.69) is 10.3 Å². The molecule has 0 saturated heterocycles. The summed E-state index contributed by atoms with van der Waals surface area (Å²) in [5.41, 5.74) is -0.267. The number of anilines is 1. The molecule has 1 unspecified atom stereocenters. The number of hydrogen-bond donors (Lipinski definition) is 1. The number of ether oxygens (including phenoxy) is 2. The molecule has 0 aliphatic heterocycles. The predicted octanol–water partition coefficient (Wildman–Crippen LogP) is 5.95. The molecular formula is C21H16ClF3N2O3. The maximum absolute atomic E-state index is 12.6. The number of halogens is 4. The Labute approximate surface area is 175 Å². The fourth-order valence-electron chi connectivity index (χ4n) is 2.35. The molecule has 0 fully saturated rings. The molecule has 156 valence electrons. The molecule has 0 saturated carbocycles. The van der Waals surface area contributed by atoms with Crippen LogP contribution in [0, 0.1) is 0 Å². The van der Waals surface area contributed by atoms with Crippen LogP contribution < -0.4 is 14.8 Å². The third-order valence-electron chi connectivity index (χ3n) is 3.90. The summed E-state index contributed by atoms with van der Waals surface area (Å²) in [4.78, 5) is 15.9. The van der Waals surface area contributed by atoms with Crippen molar-refractivity contribution in [2.45, 2.75) is 19.2 Å². The topological polar surface area (TPSA) is 60.5 Å². The molecule has 5 nitrogen and oxygen atoms in total. The number of nitrogens with zero attached hydrogens (tertiary/aromatic N) is 1. The minimum atomic E-state index is -4.46. The van der Waals surface area contributed by atoms with E-state index in [4.69, 9.17) is 21.1 Å². The van der Waals surface area contributed by atoms with Crippen molar-refractivity contribution < 1.29 is 27.4 Å². The largest absolute Gasteiger partial charge is 0.481 e. The number of hydrogen-bond acceptors (Lipinski definition) is 4. The Morgan fingerprint density at radius 1 is 1.00 bits per heavy atom. The molecule has 30 heavy (non-hydrogen) atoms. The lowest BCUT2D eigenvalue weighted by Crippen LogP contribution is -2.30. The monoisotopic (exact) mass is 436 g/mol. The first-order valence-electron chi connectivity index (χ1n) is 8.75. The lowest BCUT2D eigenvalue weighted by Gasteiger charge is -2.15. The van der Waals surface area contributed by atoms with Gasteiger partial charge in [0.25, 0.3) is 5.91 Å². The highest BCUT2D eigenvalue weighted by atomic mass is 35.5. The summed E-state index contributed by atoms with van der Waals surface area (Å²) in [7, 11) is 0. The second-order valence-electron chi connectivity index (χ2n) is 6.21. The van der Waals surface area contributed by atoms with Gasteiger partial charge in [-0.05, 0) is 61.5 Å². The quantitative estimate of drug-likeness (QED) is 0.518. The van der Waals surface area contributed by atoms with Crippen LogP contribution in [-0.2, 0) is 11.0 Å². The van der Waals surface area contributed by atoms with E-state index in [9.17, 15) is 18.0 Å². The van der Waals surface area contributed by atoms with Crippen LogP contribution in [0.5, 0.6) is 17.4 Å². The number of amides is 1. The van der Waals surface area contributed by atoms with Crippen LogP contribution >= 0.6 is 11.6 Å². The lowest BCUT2D eigenvalue weighted by atomic mass is 10.3. The molecule has 1 aromatic heterocycles. The van der Waals surface area contributed by atoms with Crippen molar-refractivity contribution >= 4 is 23.2 Å². The molecule has 9 heteroatoms. The molecule has 0 spiro atoms. The van der Waals surface area contributed by atoms with Crippen LogP contribution in [0.3, 0.4) is 0 Å². The Morgan fingerprint density at radius 3 is 2.20 bits per heavy atom. The predicted molar refractivity (Wildman–Crippen MR) is 106 cm³/mol. The molecule has 2 aromatic carbocycles. The summed E-state index contributed by atoms with van der Waals surface area (Å²) in [5.74, 6) is 0.452. The first-order chi connectivity index (χ1) is 14.2. The number of carbonyl (C=O) groups is 1. The molecule has 1 heterocycles. The van der Waals surface area contributed by atoms with Gasteiger partial charge in [-0.2, -0.15) is 13.2 Å². The average Bonchev–Trinajstić information content (AvgIpc) is 2.71. The van der Waals surface area contributed by atoms with Gasteiger partial charge in [0.1, 0.15) is 11.5 Å². The highest BCUT2D eigenvalue weighted by molar-refractivity contribution is 6.30. The third-order valence-corrected chi connectivity index (χ3v) is 4.16. The molecular weight excluding hydrogens is 421 g/mol. The van der Waals surface area contributed by atoms with Crippen molar-refractivity contribution in [1.82, 2.24) is 4.98 Å². The number of pyridine rings is 1. The van der Waals surface area contributed by atoms with Gasteiger partial charge in [0.05, 0.1) is 5.56 Å². The van der Waals surface area contributed by atoms with Gasteiger partial charge in [-0.25, -0.2) is 4.98 Å². The standard InChI is InChI=1S/C21H16ClF3N2O3/c1-13(20(28)27-16-5-3-15(22)4-6-16)29-17-7-9-18(10-8-17)30-19-11-2-14(12-26-19)21(23,24)25/h2-13H,1H3,(H,27,28). The first-order valence-corrected chi connectivity index (χ1v) is 9.13. The Morgan fingerprint density at radius 2 is 1.63 bits per heavy atom. The average molecular weight is 437 g/mol. The zero-order chi connectivity index (χ0) is 21.7. The van der Waals surface area contributed by atoms with Gasteiger partial charge in [-0.3, -0.25) is 4.79 Å². The van der Waals surface area contributed by atoms with E-state index >= 15 is 0 Å². The normalized spacial score (nSPS) is 12.2. The minimum absolute atomic E-state index is 0.0207. The molecule has 3 aromatic rings. The van der Waals surface area contributed by atoms with Crippen LogP contribution in [0.25, 0.3) is 0 Å². The molecule has 1 amide bonds. The summed E-state index contributed by atoms with van der Waals surface area (Å²) in [6.45, 7) is 1.60. The van der Waals surface area contributed by atoms with Crippen molar-refractivity contribution in [3.05, 3.63) is 77.4 Å². The number of alkyl halides is 3. The molecule has 3 rings (SSSR count). The lowest BCUT2D eigenvalue weighted by molar-refractivity contribution is -0.137. The Bertz CT molecular complexity index is 992. The van der Waals surface area contributed by atoms with Crippen LogP contribution in [0.4, 0.5) is 18.9 Å². The Kier molecular flexibility index (Phi) is 6.47. The smallest absolute Gasteiger partial charge is 0.417 e. The minimum Gasteiger partial charge on any atom is -0.481 e. The summed E-state index contributed by atoms with van der Waals surface area (Å²) in [5, 5.41) is 3.27. The fraction of sp³-hybridized carbons (Fsp3) is 0.143. The van der Waals surface area contributed by atoms with Crippen molar-refractivity contribution in [2.24, 2.45) is 0 Å². The van der Waals surface area contributed by atoms with Crippen LogP contribution in [0.15, 0.2) is 66.9 Å². The van der Waals surface area contributed by atoms with Gasteiger partial charge in [0.2, 0.25) is 5.88 Å². The molecule has 0 aliphatic rings. The molecule has 0 radical (unpaired) electrons. The second-order valence-corrected chi connectivity index (χ2v) is 6.65. The number of benzene rings is 2. The molecule has 1 atom stereocenters. The Balaban J connectivity index is 1.56. The van der Waals surface area contributed by atoms with E-state index in [1.54, 1.807) is 55.5 Å². The van der Waals surface area contributed by atoms with Gasteiger partial charge in [-0.1, -0.05) is 11.6 Å². The SMILES string of the molecule is CC(Oc1ccc(Oc2ccc(C(F)(F)F)cn2)cc1)C(=O)Nc1ccc(Cl)cc1. The highest BCUT2D eigenvalue weighted by Gasteiger charge is 2.30. The summed E-state index contributed by atoms with van der Waals surface area (Å²) in [6.07, 6.45) is -4.53. The van der Waals surface area contributed by atoms with Crippen LogP contribution in [0.1, 0.15) is 12.5 Å². The third kappa shape index (κ3) is 5.87. The first kappa shape index (κ1) is 21.4. The van der Waals surface area contributed by atoms with Crippen molar-refractivity contribution in [2.75, 3.05) is 5.32 Å². The number of nitrogens with one attached hydrogen (secondary N) is 1. The van der Waals surface area contributed by atoms with Gasteiger partial charge in [-0.15, -0.1) is 0 Å². The molecule has 0 aliphatic carbocycles. The van der Waals surface area contributed by atoms with E-state index < -0.39 is 17.8 Å². The van der Waals surface area contributed by atoms with E-state index in [1.165, 1.54) is 0 Å². The fourth-order valence-corrected chi connectivity index (χ4v) is 2.48. The van der Waals surface area contributed by atoms with Crippen LogP contribution in [0.2, 0.25) is 5.02 Å². The summed E-state index contributed by atoms with van der Waals surface area (Å²) in [6, 6.07) is 15.0. The number of aromatic nitrogens is 1. The zero-order valence-corrected chi connectivity index (χ0v) is 16.4. The maximum atomic E-state index is 12.6. The number of carbonyl (C=O) groups excluding carboxylic acids is 1. The van der Waals surface area contributed by atoms with E-state index in [0.29, 0.717) is 28.4 Å². The van der Waals surface area contributed by atoms with Gasteiger partial charge in [0, 0.05) is 23.0 Å². The highest BCUT2D eigenvalue weighted by Crippen LogP contribution is 2.30. The van der Waals surface area contributed by atoms with E-state index in [1.807, 2.05) is 0 Å². The Hall–Kier alpha value is -3.26. The van der Waals surface area contributed by atoms with E-state index in [-0.39, 0.29) is 11.8 Å².